The number of fused-ring (bicyclic) bond motifs is 1. The average molecular weight is 509 g/mol. The maximum atomic E-state index is 13.3. The molecule has 0 saturated carbocycles. The molecule has 36 heavy (non-hydrogen) atoms. The van der Waals surface area contributed by atoms with Gasteiger partial charge in [0.1, 0.15) is 5.75 Å². The van der Waals surface area contributed by atoms with E-state index in [1.165, 1.54) is 19.1 Å². The summed E-state index contributed by atoms with van der Waals surface area (Å²) in [5.41, 5.74) is 3.54. The molecular weight excluding hydrogens is 480 g/mol. The molecule has 4 rings (SSSR count). The van der Waals surface area contributed by atoms with Crippen molar-refractivity contribution in [2.75, 3.05) is 23.5 Å². The number of nitrogens with zero attached hydrogens (tertiary/aromatic N) is 2. The van der Waals surface area contributed by atoms with Crippen LogP contribution in [-0.4, -0.2) is 40.1 Å². The number of methoxy groups -OCH3 is 1. The molecule has 188 valence electrons. The highest BCUT2D eigenvalue weighted by Crippen LogP contribution is 2.39. The molecule has 0 saturated heterocycles. The van der Waals surface area contributed by atoms with Crippen LogP contribution >= 0.6 is 0 Å². The van der Waals surface area contributed by atoms with Gasteiger partial charge in [0, 0.05) is 25.6 Å². The number of carbonyl (C=O) groups excluding carboxylic acids is 2. The molecule has 0 spiro atoms. The fourth-order valence-corrected chi connectivity index (χ4v) is 4.94. The van der Waals surface area contributed by atoms with Gasteiger partial charge in [0.05, 0.1) is 29.4 Å². The smallest absolute Gasteiger partial charge is 0.322 e. The summed E-state index contributed by atoms with van der Waals surface area (Å²) in [5, 5.41) is 8.16. The van der Waals surface area contributed by atoms with Crippen LogP contribution in [0.1, 0.15) is 19.4 Å². The van der Waals surface area contributed by atoms with Gasteiger partial charge < -0.3 is 15.0 Å². The summed E-state index contributed by atoms with van der Waals surface area (Å²) in [6.07, 6.45) is 0. The minimum atomic E-state index is -3.81. The number of amides is 3. The van der Waals surface area contributed by atoms with Gasteiger partial charge in [0.2, 0.25) is 15.9 Å². The predicted octanol–water partition coefficient (Wildman–Crippen LogP) is 3.48. The van der Waals surface area contributed by atoms with E-state index in [4.69, 9.17) is 9.88 Å². The lowest BCUT2D eigenvalue weighted by Gasteiger charge is -2.41. The van der Waals surface area contributed by atoms with E-state index < -0.39 is 10.0 Å². The van der Waals surface area contributed by atoms with Gasteiger partial charge in [0.25, 0.3) is 0 Å². The lowest BCUT2D eigenvalue weighted by molar-refractivity contribution is -0.117. The molecule has 1 aliphatic heterocycles. The van der Waals surface area contributed by atoms with E-state index >= 15 is 0 Å². The number of rotatable bonds is 5. The number of benzene rings is 3. The van der Waals surface area contributed by atoms with Crippen molar-refractivity contribution >= 4 is 33.3 Å². The Hall–Kier alpha value is -3.89. The Bertz CT molecular complexity index is 1410. The minimum Gasteiger partial charge on any atom is -0.496 e. The van der Waals surface area contributed by atoms with Crippen LogP contribution in [0.2, 0.25) is 0 Å². The number of sulfonamides is 1. The van der Waals surface area contributed by atoms with Crippen molar-refractivity contribution in [3.05, 3.63) is 72.3 Å². The lowest BCUT2D eigenvalue weighted by atomic mass is 10.0. The highest BCUT2D eigenvalue weighted by atomic mass is 32.2. The Labute approximate surface area is 210 Å². The first-order valence-electron chi connectivity index (χ1n) is 11.3. The minimum absolute atomic E-state index is 0.0122. The monoisotopic (exact) mass is 508 g/mol. The quantitative estimate of drug-likeness (QED) is 0.546. The van der Waals surface area contributed by atoms with Gasteiger partial charge in [-0.05, 0) is 48.4 Å². The molecule has 0 aliphatic carbocycles. The Kier molecular flexibility index (Phi) is 7.00. The maximum Gasteiger partial charge on any atom is 0.322 e. The van der Waals surface area contributed by atoms with Gasteiger partial charge in [-0.1, -0.05) is 36.4 Å². The first-order valence-corrected chi connectivity index (χ1v) is 12.9. The van der Waals surface area contributed by atoms with Crippen LogP contribution in [0.5, 0.6) is 5.75 Å². The van der Waals surface area contributed by atoms with E-state index in [9.17, 15) is 18.0 Å². The zero-order valence-electron chi connectivity index (χ0n) is 20.3. The first-order chi connectivity index (χ1) is 17.1. The van der Waals surface area contributed by atoms with Crippen LogP contribution in [0.25, 0.3) is 11.1 Å². The van der Waals surface area contributed by atoms with Crippen LogP contribution in [0.4, 0.5) is 16.2 Å². The van der Waals surface area contributed by atoms with Crippen molar-refractivity contribution in [1.82, 2.24) is 5.32 Å². The molecule has 3 aromatic carbocycles. The number of ether oxygens (including phenoxy) is 1. The number of hydrogen-bond donors (Lipinski definition) is 2. The van der Waals surface area contributed by atoms with Crippen molar-refractivity contribution in [3.63, 3.8) is 0 Å². The highest BCUT2D eigenvalue weighted by molar-refractivity contribution is 7.89. The molecule has 1 aliphatic rings. The van der Waals surface area contributed by atoms with Gasteiger partial charge >= 0.3 is 6.03 Å². The Balaban J connectivity index is 1.68. The summed E-state index contributed by atoms with van der Waals surface area (Å²) in [5.74, 6) is 0.557. The Morgan fingerprint density at radius 1 is 1.03 bits per heavy atom. The van der Waals surface area contributed by atoms with Gasteiger partial charge in [-0.3, -0.25) is 9.69 Å². The van der Waals surface area contributed by atoms with E-state index in [1.807, 2.05) is 43.3 Å². The molecule has 10 heteroatoms. The van der Waals surface area contributed by atoms with Crippen molar-refractivity contribution in [3.8, 4) is 16.9 Å². The molecule has 3 amide bonds. The van der Waals surface area contributed by atoms with Gasteiger partial charge in [0.15, 0.2) is 0 Å². The predicted molar refractivity (Wildman–Crippen MR) is 138 cm³/mol. The third kappa shape index (κ3) is 5.05. The summed E-state index contributed by atoms with van der Waals surface area (Å²) in [4.78, 5) is 29.1. The molecule has 9 nitrogen and oxygen atoms in total. The third-order valence-electron chi connectivity index (χ3n) is 6.14. The Morgan fingerprint density at radius 2 is 1.69 bits per heavy atom. The van der Waals surface area contributed by atoms with Crippen LogP contribution in [-0.2, 0) is 21.4 Å². The number of nitrogens with two attached hydrogens (primary N) is 1. The molecular formula is C26H28N4O5S. The van der Waals surface area contributed by atoms with Gasteiger partial charge in [-0.15, -0.1) is 0 Å². The number of anilines is 2. The molecule has 1 heterocycles. The first kappa shape index (κ1) is 25.2. The second-order valence-corrected chi connectivity index (χ2v) is 10.2. The maximum absolute atomic E-state index is 13.3. The van der Waals surface area contributed by atoms with E-state index in [0.29, 0.717) is 23.7 Å². The largest absolute Gasteiger partial charge is 0.496 e. The van der Waals surface area contributed by atoms with Crippen molar-refractivity contribution in [2.24, 2.45) is 5.14 Å². The fraction of sp³-hybridized carbons (Fsp3) is 0.231. The fourth-order valence-electron chi connectivity index (χ4n) is 4.43. The number of nitrogens with one attached hydrogen (secondary N) is 1. The number of carbonyl (C=O) groups is 2. The topological polar surface area (TPSA) is 122 Å². The van der Waals surface area contributed by atoms with Crippen LogP contribution in [0.15, 0.2) is 71.6 Å². The SMILES string of the molecule is COc1ccccc1CNC(=O)N1C[C@H](C)N(C(C)=O)c2ccc(-c3ccc(S(N)(=O)=O)cc3)cc21. The summed E-state index contributed by atoms with van der Waals surface area (Å²) >= 11 is 0. The molecule has 0 aromatic heterocycles. The van der Waals surface area contributed by atoms with Gasteiger partial charge in [-0.25, -0.2) is 18.4 Å². The molecule has 0 bridgehead atoms. The molecule has 0 radical (unpaired) electrons. The van der Waals surface area contributed by atoms with Crippen molar-refractivity contribution < 1.29 is 22.7 Å². The second kappa shape index (κ2) is 10.00. The lowest BCUT2D eigenvalue weighted by Crippen LogP contribution is -2.53. The van der Waals surface area contributed by atoms with E-state index in [1.54, 1.807) is 35.1 Å². The van der Waals surface area contributed by atoms with Crippen molar-refractivity contribution in [2.45, 2.75) is 31.3 Å². The molecule has 1 atom stereocenters. The summed E-state index contributed by atoms with van der Waals surface area (Å²) < 4.78 is 28.6. The molecule has 3 aromatic rings. The summed E-state index contributed by atoms with van der Waals surface area (Å²) in [6, 6.07) is 18.6. The Morgan fingerprint density at radius 3 is 2.33 bits per heavy atom. The zero-order chi connectivity index (χ0) is 26.0. The number of urea groups is 1. The normalized spacial score (nSPS) is 15.3. The molecule has 0 unspecified atom stereocenters. The summed E-state index contributed by atoms with van der Waals surface area (Å²) in [6.45, 7) is 3.97. The molecule has 3 N–H and O–H groups in total. The van der Waals surface area contributed by atoms with Crippen LogP contribution < -0.4 is 25.0 Å². The third-order valence-corrected chi connectivity index (χ3v) is 7.07. The highest BCUT2D eigenvalue weighted by Gasteiger charge is 2.33. The molecule has 0 fully saturated rings. The summed E-state index contributed by atoms with van der Waals surface area (Å²) in [7, 11) is -2.23. The second-order valence-electron chi connectivity index (χ2n) is 8.59. The average Bonchev–Trinajstić information content (AvgIpc) is 2.86. The van der Waals surface area contributed by atoms with Gasteiger partial charge in [-0.2, -0.15) is 0 Å². The van der Waals surface area contributed by atoms with E-state index in [-0.39, 0.29) is 29.4 Å². The number of hydrogen-bond acceptors (Lipinski definition) is 5. The van der Waals surface area contributed by atoms with Crippen molar-refractivity contribution in [1.29, 1.82) is 0 Å². The number of primary sulfonamides is 1. The van der Waals surface area contributed by atoms with Crippen LogP contribution in [0.3, 0.4) is 0 Å². The van der Waals surface area contributed by atoms with Crippen LogP contribution in [0, 0.1) is 0 Å². The van der Waals surface area contributed by atoms with E-state index in [0.717, 1.165) is 16.7 Å². The zero-order valence-corrected chi connectivity index (χ0v) is 21.1. The standard InChI is InChI=1S/C26H28N4O5S/c1-17-16-29(26(32)28-15-21-6-4-5-7-25(21)35-3)24-14-20(10-13-23(24)30(17)18(2)31)19-8-11-22(12-9-19)36(27,33)34/h4-14,17H,15-16H2,1-3H3,(H,28,32)(H2,27,33,34)/t17-/m0/s1. The van der Waals surface area contributed by atoms with E-state index in [2.05, 4.69) is 5.32 Å². The number of para-hydroxylation sites is 1.